The van der Waals surface area contributed by atoms with E-state index in [0.29, 0.717) is 11.5 Å². The smallest absolute Gasteiger partial charge is 0.229 e. The lowest BCUT2D eigenvalue weighted by molar-refractivity contribution is 1.10. The van der Waals surface area contributed by atoms with Crippen molar-refractivity contribution >= 4 is 23.1 Å². The quantitative estimate of drug-likeness (QED) is 0.692. The van der Waals surface area contributed by atoms with Gasteiger partial charge in [-0.25, -0.2) is 4.98 Å². The van der Waals surface area contributed by atoms with Crippen molar-refractivity contribution in [2.75, 3.05) is 10.6 Å². The summed E-state index contributed by atoms with van der Waals surface area (Å²) in [5.41, 5.74) is 6.87. The van der Waals surface area contributed by atoms with Crippen molar-refractivity contribution < 1.29 is 0 Å². The maximum Gasteiger partial charge on any atom is 0.229 e. The van der Waals surface area contributed by atoms with E-state index in [0.717, 1.165) is 22.9 Å². The van der Waals surface area contributed by atoms with Crippen molar-refractivity contribution in [3.8, 4) is 6.07 Å². The van der Waals surface area contributed by atoms with Gasteiger partial charge in [-0.3, -0.25) is 0 Å². The average Bonchev–Trinajstić information content (AvgIpc) is 2.58. The predicted molar refractivity (Wildman–Crippen MR) is 105 cm³/mol. The Morgan fingerprint density at radius 2 is 1.62 bits per heavy atom. The summed E-state index contributed by atoms with van der Waals surface area (Å²) in [6.07, 6.45) is 0. The molecule has 0 fully saturated rings. The summed E-state index contributed by atoms with van der Waals surface area (Å²) >= 11 is 0. The van der Waals surface area contributed by atoms with Gasteiger partial charge in [-0.05, 0) is 57.0 Å². The van der Waals surface area contributed by atoms with Gasteiger partial charge in [0.2, 0.25) is 5.95 Å². The molecule has 0 radical (unpaired) electrons. The number of aromatic nitrogens is 2. The number of nitrogens with zero attached hydrogens (tertiary/aromatic N) is 3. The first kappa shape index (κ1) is 17.4. The first-order valence-corrected chi connectivity index (χ1v) is 8.42. The van der Waals surface area contributed by atoms with Crippen LogP contribution in [0, 0.1) is 39.0 Å². The molecular formula is C21H21N5. The van der Waals surface area contributed by atoms with E-state index in [1.54, 1.807) is 12.1 Å². The second kappa shape index (κ2) is 7.24. The standard InChI is InChI=1S/C21H21N5/c1-13-8-14(2)20(15(3)9-13)25-19-10-16(4)23-21(26-19)24-18-7-5-6-17(11-18)12-22/h5-11H,1-4H3,(H2,23,24,25,26). The summed E-state index contributed by atoms with van der Waals surface area (Å²) in [5.74, 6) is 1.22. The monoisotopic (exact) mass is 343 g/mol. The van der Waals surface area contributed by atoms with Crippen molar-refractivity contribution in [2.45, 2.75) is 27.7 Å². The fourth-order valence-corrected chi connectivity index (χ4v) is 2.99. The second-order valence-electron chi connectivity index (χ2n) is 6.43. The van der Waals surface area contributed by atoms with Crippen LogP contribution in [-0.2, 0) is 0 Å². The van der Waals surface area contributed by atoms with Crippen molar-refractivity contribution in [3.63, 3.8) is 0 Å². The van der Waals surface area contributed by atoms with Crippen LogP contribution in [-0.4, -0.2) is 9.97 Å². The van der Waals surface area contributed by atoms with Crippen molar-refractivity contribution in [3.05, 3.63) is 70.4 Å². The number of anilines is 4. The minimum atomic E-state index is 0.491. The molecule has 2 aromatic carbocycles. The highest BCUT2D eigenvalue weighted by Gasteiger charge is 2.08. The Kier molecular flexibility index (Phi) is 4.85. The average molecular weight is 343 g/mol. The summed E-state index contributed by atoms with van der Waals surface area (Å²) in [6, 6.07) is 15.6. The van der Waals surface area contributed by atoms with Gasteiger partial charge in [-0.2, -0.15) is 10.2 Å². The summed E-state index contributed by atoms with van der Waals surface area (Å²) in [4.78, 5) is 9.01. The lowest BCUT2D eigenvalue weighted by Crippen LogP contribution is -2.04. The maximum atomic E-state index is 9.03. The molecule has 0 atom stereocenters. The molecule has 3 rings (SSSR count). The van der Waals surface area contributed by atoms with Crippen LogP contribution in [0.1, 0.15) is 27.9 Å². The topological polar surface area (TPSA) is 73.6 Å². The normalized spacial score (nSPS) is 10.3. The number of aryl methyl sites for hydroxylation is 4. The molecule has 0 aliphatic heterocycles. The largest absolute Gasteiger partial charge is 0.340 e. The molecule has 0 bridgehead atoms. The van der Waals surface area contributed by atoms with E-state index in [-0.39, 0.29) is 0 Å². The highest BCUT2D eigenvalue weighted by Crippen LogP contribution is 2.26. The third-order valence-electron chi connectivity index (χ3n) is 4.03. The molecule has 1 aromatic heterocycles. The van der Waals surface area contributed by atoms with Gasteiger partial charge in [0.25, 0.3) is 0 Å². The van der Waals surface area contributed by atoms with Crippen LogP contribution < -0.4 is 10.6 Å². The summed E-state index contributed by atoms with van der Waals surface area (Å²) < 4.78 is 0. The van der Waals surface area contributed by atoms with E-state index in [9.17, 15) is 0 Å². The molecule has 0 saturated heterocycles. The third-order valence-corrected chi connectivity index (χ3v) is 4.03. The minimum Gasteiger partial charge on any atom is -0.340 e. The van der Waals surface area contributed by atoms with Crippen LogP contribution in [0.2, 0.25) is 0 Å². The molecule has 5 heteroatoms. The van der Waals surface area contributed by atoms with Gasteiger partial charge in [0.05, 0.1) is 11.6 Å². The van der Waals surface area contributed by atoms with E-state index in [4.69, 9.17) is 5.26 Å². The van der Waals surface area contributed by atoms with E-state index < -0.39 is 0 Å². The van der Waals surface area contributed by atoms with Crippen LogP contribution in [0.3, 0.4) is 0 Å². The molecular weight excluding hydrogens is 322 g/mol. The van der Waals surface area contributed by atoms with E-state index in [1.165, 1.54) is 16.7 Å². The highest BCUT2D eigenvalue weighted by atomic mass is 15.1. The van der Waals surface area contributed by atoms with Crippen LogP contribution in [0.25, 0.3) is 0 Å². The summed E-state index contributed by atoms with van der Waals surface area (Å²) in [7, 11) is 0. The first-order chi connectivity index (χ1) is 12.4. The Bertz CT molecular complexity index is 979. The summed E-state index contributed by atoms with van der Waals surface area (Å²) in [6.45, 7) is 8.19. The van der Waals surface area contributed by atoms with Crippen LogP contribution >= 0.6 is 0 Å². The lowest BCUT2D eigenvalue weighted by atomic mass is 10.1. The SMILES string of the molecule is Cc1cc(C)c(Nc2cc(C)nc(Nc3cccc(C#N)c3)n2)c(C)c1. The van der Waals surface area contributed by atoms with E-state index in [2.05, 4.69) is 59.6 Å². The number of hydrogen-bond donors (Lipinski definition) is 2. The molecule has 0 amide bonds. The zero-order valence-corrected chi connectivity index (χ0v) is 15.4. The lowest BCUT2D eigenvalue weighted by Gasteiger charge is -2.14. The van der Waals surface area contributed by atoms with Crippen LogP contribution in [0.15, 0.2) is 42.5 Å². The Hall–Kier alpha value is -3.39. The van der Waals surface area contributed by atoms with E-state index >= 15 is 0 Å². The third kappa shape index (κ3) is 3.98. The Morgan fingerprint density at radius 3 is 2.31 bits per heavy atom. The molecule has 26 heavy (non-hydrogen) atoms. The van der Waals surface area contributed by atoms with Gasteiger partial charge in [-0.1, -0.05) is 23.8 Å². The fourth-order valence-electron chi connectivity index (χ4n) is 2.99. The van der Waals surface area contributed by atoms with Gasteiger partial charge in [0.1, 0.15) is 5.82 Å². The molecule has 5 nitrogen and oxygen atoms in total. The minimum absolute atomic E-state index is 0.491. The number of rotatable bonds is 4. The zero-order valence-electron chi connectivity index (χ0n) is 15.4. The molecule has 3 aromatic rings. The molecule has 0 saturated carbocycles. The zero-order chi connectivity index (χ0) is 18.7. The maximum absolute atomic E-state index is 9.03. The van der Waals surface area contributed by atoms with Gasteiger partial charge < -0.3 is 10.6 Å². The molecule has 2 N–H and O–H groups in total. The molecule has 0 aliphatic rings. The number of nitriles is 1. The Balaban J connectivity index is 1.90. The number of nitrogens with one attached hydrogen (secondary N) is 2. The second-order valence-corrected chi connectivity index (χ2v) is 6.43. The highest BCUT2D eigenvalue weighted by molar-refractivity contribution is 5.66. The van der Waals surface area contributed by atoms with E-state index in [1.807, 2.05) is 25.1 Å². The Labute approximate surface area is 153 Å². The van der Waals surface area contributed by atoms with Gasteiger partial charge in [-0.15, -0.1) is 0 Å². The molecule has 0 unspecified atom stereocenters. The van der Waals surface area contributed by atoms with Gasteiger partial charge in [0.15, 0.2) is 0 Å². The van der Waals surface area contributed by atoms with Crippen molar-refractivity contribution in [1.29, 1.82) is 5.26 Å². The molecule has 130 valence electrons. The Morgan fingerprint density at radius 1 is 0.885 bits per heavy atom. The van der Waals surface area contributed by atoms with Gasteiger partial charge in [0, 0.05) is 23.1 Å². The summed E-state index contributed by atoms with van der Waals surface area (Å²) in [5, 5.41) is 15.6. The fraction of sp³-hybridized carbons (Fsp3) is 0.190. The van der Waals surface area contributed by atoms with Crippen LogP contribution in [0.4, 0.5) is 23.1 Å². The predicted octanol–water partition coefficient (Wildman–Crippen LogP) is 5.07. The van der Waals surface area contributed by atoms with Crippen molar-refractivity contribution in [1.82, 2.24) is 9.97 Å². The molecule has 0 aliphatic carbocycles. The van der Waals surface area contributed by atoms with Crippen LogP contribution in [0.5, 0.6) is 0 Å². The molecule has 0 spiro atoms. The van der Waals surface area contributed by atoms with Gasteiger partial charge >= 0.3 is 0 Å². The number of benzene rings is 2. The first-order valence-electron chi connectivity index (χ1n) is 8.42. The molecule has 1 heterocycles. The number of hydrogen-bond acceptors (Lipinski definition) is 5. The van der Waals surface area contributed by atoms with Crippen molar-refractivity contribution in [2.24, 2.45) is 0 Å².